The highest BCUT2D eigenvalue weighted by atomic mass is 16.6. The molecule has 4 saturated carbocycles. The highest BCUT2D eigenvalue weighted by Crippen LogP contribution is 2.67. The number of rotatable bonds is 4. The van der Waals surface area contributed by atoms with Crippen LogP contribution in [-0.2, 0) is 9.53 Å². The summed E-state index contributed by atoms with van der Waals surface area (Å²) < 4.78 is 5.53. The molecule has 6 unspecified atom stereocenters. The minimum atomic E-state index is -0.353. The largest absolute Gasteiger partial charge is 0.460 e. The zero-order chi connectivity index (χ0) is 20.9. The van der Waals surface area contributed by atoms with Crippen LogP contribution in [0.25, 0.3) is 0 Å². The topological polar surface area (TPSA) is 26.3 Å². The van der Waals surface area contributed by atoms with E-state index in [0.29, 0.717) is 17.3 Å². The van der Waals surface area contributed by atoms with E-state index in [0.717, 1.165) is 36.0 Å². The van der Waals surface area contributed by atoms with E-state index in [9.17, 15) is 4.79 Å². The monoisotopic (exact) mass is 402 g/mol. The molecule has 2 nitrogen and oxygen atoms in total. The molecule has 4 fully saturated rings. The summed E-state index contributed by atoms with van der Waals surface area (Å²) in [4.78, 5) is 12.1. The van der Waals surface area contributed by atoms with Gasteiger partial charge in [-0.3, -0.25) is 4.79 Å². The van der Waals surface area contributed by atoms with Crippen LogP contribution in [0.5, 0.6) is 0 Å². The standard InChI is InChI=1S/C27H46O2/c1-25(2,3)29-24(28)11-8-10-20-13-15-22-21-14-12-19-9-6-7-17-26(19,4)23(21)16-18-27(20,22)5/h19-23H,6-18H2,1-5H3/t19?,20?,21?,22?,23?,26-,27?/m0/s1. The smallest absolute Gasteiger partial charge is 0.306 e. The van der Waals surface area contributed by atoms with Crippen molar-refractivity contribution in [1.29, 1.82) is 0 Å². The summed E-state index contributed by atoms with van der Waals surface area (Å²) in [5.74, 6) is 4.78. The summed E-state index contributed by atoms with van der Waals surface area (Å²) in [7, 11) is 0. The van der Waals surface area contributed by atoms with Crippen LogP contribution in [0, 0.1) is 40.4 Å². The third-order valence-corrected chi connectivity index (χ3v) is 10.1. The molecule has 4 rings (SSSR count). The number of hydrogen-bond donors (Lipinski definition) is 0. The molecule has 0 aromatic carbocycles. The predicted octanol–water partition coefficient (Wildman–Crippen LogP) is 7.55. The second-order valence-corrected chi connectivity index (χ2v) is 12.7. The molecule has 0 radical (unpaired) electrons. The zero-order valence-corrected chi connectivity index (χ0v) is 19.9. The fraction of sp³-hybridized carbons (Fsp3) is 0.963. The molecule has 0 bridgehead atoms. The molecule has 0 N–H and O–H groups in total. The van der Waals surface area contributed by atoms with Gasteiger partial charge in [-0.1, -0.05) is 26.7 Å². The highest BCUT2D eigenvalue weighted by Gasteiger charge is 2.59. The lowest BCUT2D eigenvalue weighted by atomic mass is 9.45. The SMILES string of the molecule is CC(C)(C)OC(=O)CCCC1CCC2C3CCC4CCCC[C@]4(C)C3CCC12C. The fourth-order valence-electron chi connectivity index (χ4n) is 8.76. The number of ether oxygens (including phenoxy) is 1. The molecular formula is C27H46O2. The Kier molecular flexibility index (Phi) is 5.88. The van der Waals surface area contributed by atoms with E-state index < -0.39 is 0 Å². The number of carbonyl (C=O) groups excluding carboxylic acids is 1. The Morgan fingerprint density at radius 1 is 0.897 bits per heavy atom. The maximum atomic E-state index is 12.1. The maximum absolute atomic E-state index is 12.1. The van der Waals surface area contributed by atoms with E-state index in [2.05, 4.69) is 13.8 Å². The van der Waals surface area contributed by atoms with Gasteiger partial charge in [0.05, 0.1) is 0 Å². The first kappa shape index (κ1) is 21.7. The zero-order valence-electron chi connectivity index (χ0n) is 19.9. The summed E-state index contributed by atoms with van der Waals surface area (Å²) in [6.07, 6.45) is 17.6. The maximum Gasteiger partial charge on any atom is 0.306 e. The Balaban J connectivity index is 1.37. The van der Waals surface area contributed by atoms with Gasteiger partial charge in [-0.05, 0) is 125 Å². The van der Waals surface area contributed by atoms with Gasteiger partial charge in [0.15, 0.2) is 0 Å². The molecule has 7 atom stereocenters. The van der Waals surface area contributed by atoms with E-state index in [4.69, 9.17) is 4.74 Å². The summed E-state index contributed by atoms with van der Waals surface area (Å²) >= 11 is 0. The molecule has 0 aromatic rings. The van der Waals surface area contributed by atoms with Crippen LogP contribution in [0.4, 0.5) is 0 Å². The van der Waals surface area contributed by atoms with E-state index in [-0.39, 0.29) is 11.6 Å². The van der Waals surface area contributed by atoms with Crippen LogP contribution in [0.3, 0.4) is 0 Å². The highest BCUT2D eigenvalue weighted by molar-refractivity contribution is 5.69. The Morgan fingerprint density at radius 2 is 1.66 bits per heavy atom. The van der Waals surface area contributed by atoms with E-state index in [1.165, 1.54) is 70.6 Å². The minimum Gasteiger partial charge on any atom is -0.460 e. The van der Waals surface area contributed by atoms with Gasteiger partial charge in [0.2, 0.25) is 0 Å². The van der Waals surface area contributed by atoms with Gasteiger partial charge in [0, 0.05) is 6.42 Å². The summed E-state index contributed by atoms with van der Waals surface area (Å²) in [5.41, 5.74) is 0.832. The number of fused-ring (bicyclic) bond motifs is 5. The molecule has 0 aromatic heterocycles. The van der Waals surface area contributed by atoms with Gasteiger partial charge in [0.1, 0.15) is 5.60 Å². The quantitative estimate of drug-likeness (QED) is 0.454. The summed E-state index contributed by atoms with van der Waals surface area (Å²) in [5, 5.41) is 0. The Morgan fingerprint density at radius 3 is 2.41 bits per heavy atom. The van der Waals surface area contributed by atoms with Crippen molar-refractivity contribution in [3.8, 4) is 0 Å². The van der Waals surface area contributed by atoms with Crippen LogP contribution >= 0.6 is 0 Å². The van der Waals surface area contributed by atoms with Crippen LogP contribution in [0.1, 0.15) is 118 Å². The molecule has 0 saturated heterocycles. The van der Waals surface area contributed by atoms with Crippen molar-refractivity contribution in [2.75, 3.05) is 0 Å². The van der Waals surface area contributed by atoms with Gasteiger partial charge < -0.3 is 4.74 Å². The van der Waals surface area contributed by atoms with Crippen molar-refractivity contribution >= 4 is 5.97 Å². The van der Waals surface area contributed by atoms with Crippen molar-refractivity contribution in [3.63, 3.8) is 0 Å². The van der Waals surface area contributed by atoms with Crippen LogP contribution < -0.4 is 0 Å². The first-order valence-electron chi connectivity index (χ1n) is 12.9. The van der Waals surface area contributed by atoms with Crippen molar-refractivity contribution in [2.45, 2.75) is 124 Å². The van der Waals surface area contributed by atoms with Gasteiger partial charge in [0.25, 0.3) is 0 Å². The average molecular weight is 403 g/mol. The van der Waals surface area contributed by atoms with E-state index in [1.54, 1.807) is 0 Å². The molecular weight excluding hydrogens is 356 g/mol. The van der Waals surface area contributed by atoms with Crippen LogP contribution in [0.2, 0.25) is 0 Å². The van der Waals surface area contributed by atoms with Crippen molar-refractivity contribution in [2.24, 2.45) is 40.4 Å². The average Bonchev–Trinajstić information content (AvgIpc) is 2.96. The lowest BCUT2D eigenvalue weighted by molar-refractivity contribution is -0.155. The molecule has 4 aliphatic rings. The van der Waals surface area contributed by atoms with Crippen molar-refractivity contribution in [3.05, 3.63) is 0 Å². The van der Waals surface area contributed by atoms with Crippen molar-refractivity contribution < 1.29 is 9.53 Å². The molecule has 4 aliphatic carbocycles. The molecule has 0 amide bonds. The van der Waals surface area contributed by atoms with Gasteiger partial charge in [-0.25, -0.2) is 0 Å². The number of hydrogen-bond acceptors (Lipinski definition) is 2. The third kappa shape index (κ3) is 4.03. The Hall–Kier alpha value is -0.530. The lowest BCUT2D eigenvalue weighted by Gasteiger charge is -2.60. The summed E-state index contributed by atoms with van der Waals surface area (Å²) in [6.45, 7) is 11.2. The van der Waals surface area contributed by atoms with Crippen LogP contribution in [0.15, 0.2) is 0 Å². The molecule has 0 heterocycles. The second kappa shape index (κ2) is 7.86. The van der Waals surface area contributed by atoms with E-state index in [1.807, 2.05) is 20.8 Å². The molecule has 2 heteroatoms. The molecule has 0 spiro atoms. The first-order chi connectivity index (χ1) is 13.6. The molecule has 166 valence electrons. The van der Waals surface area contributed by atoms with E-state index >= 15 is 0 Å². The Labute approximate surface area is 179 Å². The van der Waals surface area contributed by atoms with Gasteiger partial charge in [-0.2, -0.15) is 0 Å². The first-order valence-corrected chi connectivity index (χ1v) is 12.9. The second-order valence-electron chi connectivity index (χ2n) is 12.7. The third-order valence-electron chi connectivity index (χ3n) is 10.1. The lowest BCUT2D eigenvalue weighted by Crippen LogP contribution is -2.52. The van der Waals surface area contributed by atoms with Crippen molar-refractivity contribution in [1.82, 2.24) is 0 Å². The van der Waals surface area contributed by atoms with Crippen LogP contribution in [-0.4, -0.2) is 11.6 Å². The summed E-state index contributed by atoms with van der Waals surface area (Å²) in [6, 6.07) is 0. The fourth-order valence-corrected chi connectivity index (χ4v) is 8.76. The van der Waals surface area contributed by atoms with Gasteiger partial charge in [-0.15, -0.1) is 0 Å². The minimum absolute atomic E-state index is 0.00977. The Bertz CT molecular complexity index is 604. The molecule has 29 heavy (non-hydrogen) atoms. The normalized spacial score (nSPS) is 44.5. The molecule has 0 aliphatic heterocycles. The number of esters is 1. The number of carbonyl (C=O) groups is 1. The predicted molar refractivity (Wildman–Crippen MR) is 120 cm³/mol. The van der Waals surface area contributed by atoms with Gasteiger partial charge >= 0.3 is 5.97 Å².